The molecule has 2 aromatic rings. The van der Waals surface area contributed by atoms with Crippen LogP contribution in [0.1, 0.15) is 11.1 Å². The molecule has 0 bridgehead atoms. The molecule has 24 heavy (non-hydrogen) atoms. The number of anilines is 2. The number of benzene rings is 1. The summed E-state index contributed by atoms with van der Waals surface area (Å²) in [5, 5.41) is 2.85. The molecule has 0 aliphatic rings. The molecule has 128 valence electrons. The second kappa shape index (κ2) is 7.63. The first-order valence-corrected chi connectivity index (χ1v) is 7.46. The summed E-state index contributed by atoms with van der Waals surface area (Å²) in [4.78, 5) is 22.4. The van der Waals surface area contributed by atoms with Crippen molar-refractivity contribution in [2.24, 2.45) is 0 Å². The average molecular weight is 330 g/mol. The number of rotatable bonds is 6. The van der Waals surface area contributed by atoms with Crippen molar-refractivity contribution in [1.29, 1.82) is 0 Å². The normalized spacial score (nSPS) is 10.2. The Labute approximate surface area is 141 Å². The molecule has 7 nitrogen and oxygen atoms in total. The zero-order valence-electron chi connectivity index (χ0n) is 14.6. The Morgan fingerprint density at radius 3 is 2.58 bits per heavy atom. The van der Waals surface area contributed by atoms with Gasteiger partial charge in [0.25, 0.3) is 0 Å². The summed E-state index contributed by atoms with van der Waals surface area (Å²) in [6.07, 6.45) is 1.79. The van der Waals surface area contributed by atoms with Crippen LogP contribution in [0, 0.1) is 6.92 Å². The Hall–Kier alpha value is -2.83. The van der Waals surface area contributed by atoms with Crippen molar-refractivity contribution in [1.82, 2.24) is 9.97 Å². The largest absolute Gasteiger partial charge is 0.496 e. The molecular formula is C17H22N4O3. The van der Waals surface area contributed by atoms with Crippen molar-refractivity contribution < 1.29 is 14.3 Å². The number of amides is 1. The smallest absolute Gasteiger partial charge is 0.318 e. The molecule has 7 heteroatoms. The van der Waals surface area contributed by atoms with Crippen molar-refractivity contribution in [3.63, 3.8) is 0 Å². The van der Waals surface area contributed by atoms with Crippen LogP contribution in [-0.2, 0) is 11.2 Å². The number of carbonyl (C=O) groups excluding carboxylic acids is 1. The van der Waals surface area contributed by atoms with Crippen molar-refractivity contribution in [2.75, 3.05) is 38.5 Å². The fourth-order valence-electron chi connectivity index (χ4n) is 2.31. The van der Waals surface area contributed by atoms with Crippen LogP contribution < -0.4 is 19.7 Å². The Kier molecular flexibility index (Phi) is 5.57. The van der Waals surface area contributed by atoms with Gasteiger partial charge in [-0.05, 0) is 24.1 Å². The van der Waals surface area contributed by atoms with E-state index in [-0.39, 0.29) is 18.3 Å². The Morgan fingerprint density at radius 1 is 1.25 bits per heavy atom. The van der Waals surface area contributed by atoms with Gasteiger partial charge in [0.1, 0.15) is 11.4 Å². The summed E-state index contributed by atoms with van der Waals surface area (Å²) in [7, 11) is 6.80. The minimum absolute atomic E-state index is 0.142. The van der Waals surface area contributed by atoms with Crippen LogP contribution in [0.4, 0.5) is 11.5 Å². The van der Waals surface area contributed by atoms with Gasteiger partial charge < -0.3 is 19.7 Å². The van der Waals surface area contributed by atoms with Crippen LogP contribution in [0.25, 0.3) is 0 Å². The third-order valence-electron chi connectivity index (χ3n) is 3.45. The Balaban J connectivity index is 2.13. The van der Waals surface area contributed by atoms with Gasteiger partial charge in [-0.1, -0.05) is 12.1 Å². The van der Waals surface area contributed by atoms with Gasteiger partial charge in [0.2, 0.25) is 5.91 Å². The van der Waals surface area contributed by atoms with Gasteiger partial charge in [0, 0.05) is 14.1 Å². The summed E-state index contributed by atoms with van der Waals surface area (Å²) in [6, 6.07) is 5.93. The van der Waals surface area contributed by atoms with Gasteiger partial charge in [-0.3, -0.25) is 4.79 Å². The molecule has 0 spiro atoms. The molecule has 1 N–H and O–H groups in total. The van der Waals surface area contributed by atoms with Gasteiger partial charge >= 0.3 is 6.01 Å². The lowest BCUT2D eigenvalue weighted by molar-refractivity contribution is -0.115. The maximum Gasteiger partial charge on any atom is 0.318 e. The third-order valence-corrected chi connectivity index (χ3v) is 3.45. The van der Waals surface area contributed by atoms with Crippen molar-refractivity contribution in [3.05, 3.63) is 35.5 Å². The van der Waals surface area contributed by atoms with Crippen LogP contribution in [0.2, 0.25) is 0 Å². The molecule has 1 heterocycles. The summed E-state index contributed by atoms with van der Waals surface area (Å²) in [6.45, 7) is 1.95. The fraction of sp³-hybridized carbons (Fsp3) is 0.353. The molecular weight excluding hydrogens is 308 g/mol. The third kappa shape index (κ3) is 4.13. The number of hydrogen-bond donors (Lipinski definition) is 1. The molecule has 0 radical (unpaired) electrons. The first kappa shape index (κ1) is 17.5. The topological polar surface area (TPSA) is 76.6 Å². The molecule has 1 aromatic carbocycles. The predicted octanol–water partition coefficient (Wildman–Crippen LogP) is 2.05. The van der Waals surface area contributed by atoms with Crippen LogP contribution >= 0.6 is 0 Å². The minimum Gasteiger partial charge on any atom is -0.496 e. The molecule has 1 amide bonds. The van der Waals surface area contributed by atoms with Crippen LogP contribution in [0.15, 0.2) is 24.4 Å². The lowest BCUT2D eigenvalue weighted by Gasteiger charge is -2.17. The first-order valence-electron chi connectivity index (χ1n) is 7.46. The summed E-state index contributed by atoms with van der Waals surface area (Å²) < 4.78 is 10.3. The van der Waals surface area contributed by atoms with Crippen molar-refractivity contribution >= 4 is 17.4 Å². The highest BCUT2D eigenvalue weighted by Crippen LogP contribution is 2.23. The van der Waals surface area contributed by atoms with E-state index < -0.39 is 0 Å². The molecule has 1 aromatic heterocycles. The molecule has 0 aliphatic heterocycles. The van der Waals surface area contributed by atoms with Gasteiger partial charge in [-0.25, -0.2) is 4.98 Å². The van der Waals surface area contributed by atoms with Crippen LogP contribution in [0.5, 0.6) is 11.8 Å². The van der Waals surface area contributed by atoms with Gasteiger partial charge in [-0.2, -0.15) is 4.98 Å². The monoisotopic (exact) mass is 330 g/mol. The van der Waals surface area contributed by atoms with E-state index in [9.17, 15) is 4.79 Å². The number of nitrogens with one attached hydrogen (secondary N) is 1. The highest BCUT2D eigenvalue weighted by atomic mass is 16.5. The number of hydrogen-bond acceptors (Lipinski definition) is 6. The molecule has 2 rings (SSSR count). The lowest BCUT2D eigenvalue weighted by Crippen LogP contribution is -2.19. The molecule has 0 aliphatic carbocycles. The lowest BCUT2D eigenvalue weighted by atomic mass is 10.1. The molecule has 0 fully saturated rings. The highest BCUT2D eigenvalue weighted by molar-refractivity contribution is 5.94. The number of ether oxygens (including phenoxy) is 2. The number of aryl methyl sites for hydroxylation is 1. The van der Waals surface area contributed by atoms with Crippen LogP contribution in [0.3, 0.4) is 0 Å². The van der Waals surface area contributed by atoms with Crippen LogP contribution in [-0.4, -0.2) is 44.2 Å². The van der Waals surface area contributed by atoms with Crippen molar-refractivity contribution in [2.45, 2.75) is 13.3 Å². The second-order valence-corrected chi connectivity index (χ2v) is 5.52. The first-order chi connectivity index (χ1) is 11.4. The summed E-state index contributed by atoms with van der Waals surface area (Å²) in [5.74, 6) is 1.25. The number of methoxy groups -OCH3 is 2. The standard InChI is InChI=1S/C17H22N4O3/c1-11-8-12(6-7-14(11)23-4)9-15(22)19-13-10-18-17(24-5)20-16(13)21(2)3/h6-8,10H,9H2,1-5H3,(H,19,22). The zero-order chi connectivity index (χ0) is 17.7. The number of aromatic nitrogens is 2. The Bertz CT molecular complexity index is 732. The maximum absolute atomic E-state index is 12.3. The SMILES string of the molecule is COc1ncc(NC(=O)Cc2ccc(OC)c(C)c2)c(N(C)C)n1. The molecule has 0 unspecified atom stereocenters. The van der Waals surface area contributed by atoms with Gasteiger partial charge in [0.15, 0.2) is 5.82 Å². The predicted molar refractivity (Wildman–Crippen MR) is 93.0 cm³/mol. The van der Waals surface area contributed by atoms with Gasteiger partial charge in [0.05, 0.1) is 26.8 Å². The van der Waals surface area contributed by atoms with Crippen molar-refractivity contribution in [3.8, 4) is 11.8 Å². The zero-order valence-corrected chi connectivity index (χ0v) is 14.6. The quantitative estimate of drug-likeness (QED) is 0.873. The maximum atomic E-state index is 12.3. The van der Waals surface area contributed by atoms with Gasteiger partial charge in [-0.15, -0.1) is 0 Å². The van der Waals surface area contributed by atoms with E-state index in [1.54, 1.807) is 18.2 Å². The van der Waals surface area contributed by atoms with E-state index in [1.807, 2.05) is 39.2 Å². The van der Waals surface area contributed by atoms with E-state index >= 15 is 0 Å². The fourth-order valence-corrected chi connectivity index (χ4v) is 2.31. The number of carbonyl (C=O) groups is 1. The Morgan fingerprint density at radius 2 is 2.00 bits per heavy atom. The number of nitrogens with zero attached hydrogens (tertiary/aromatic N) is 3. The summed E-state index contributed by atoms with van der Waals surface area (Å²) >= 11 is 0. The molecule has 0 saturated carbocycles. The summed E-state index contributed by atoms with van der Waals surface area (Å²) in [5.41, 5.74) is 2.44. The van der Waals surface area contributed by atoms with E-state index in [1.165, 1.54) is 7.11 Å². The highest BCUT2D eigenvalue weighted by Gasteiger charge is 2.13. The van der Waals surface area contributed by atoms with E-state index in [2.05, 4.69) is 15.3 Å². The minimum atomic E-state index is -0.142. The molecule has 0 saturated heterocycles. The second-order valence-electron chi connectivity index (χ2n) is 5.52. The van der Waals surface area contributed by atoms with E-state index in [0.29, 0.717) is 11.5 Å². The molecule has 0 atom stereocenters. The average Bonchev–Trinajstić information content (AvgIpc) is 2.55. The van der Waals surface area contributed by atoms with E-state index in [4.69, 9.17) is 9.47 Å². The van der Waals surface area contributed by atoms with E-state index in [0.717, 1.165) is 16.9 Å².